The number of hydrogen-bond donors (Lipinski definition) is 1. The zero-order valence-corrected chi connectivity index (χ0v) is 18.8. The van der Waals surface area contributed by atoms with Crippen LogP contribution < -0.4 is 5.56 Å². The number of aromatic hydroxyl groups is 1. The van der Waals surface area contributed by atoms with Gasteiger partial charge in [-0.2, -0.15) is 0 Å². The van der Waals surface area contributed by atoms with E-state index in [-0.39, 0.29) is 26.3 Å². The molecule has 0 atom stereocenters. The maximum atomic E-state index is 13.2. The van der Waals surface area contributed by atoms with Gasteiger partial charge in [0.25, 0.3) is 15.6 Å². The highest BCUT2D eigenvalue weighted by atomic mass is 79.9. The molecular weight excluding hydrogens is 470 g/mol. The van der Waals surface area contributed by atoms with Crippen molar-refractivity contribution in [3.05, 3.63) is 80.4 Å². The Kier molecular flexibility index (Phi) is 4.82. The second-order valence-corrected chi connectivity index (χ2v) is 9.68. The van der Waals surface area contributed by atoms with Crippen molar-refractivity contribution in [1.82, 2.24) is 13.5 Å². The van der Waals surface area contributed by atoms with E-state index in [2.05, 4.69) is 20.9 Å². The van der Waals surface area contributed by atoms with Crippen LogP contribution in [0.15, 0.2) is 63.1 Å². The summed E-state index contributed by atoms with van der Waals surface area (Å²) in [5, 5.41) is 10.2. The highest BCUT2D eigenvalue weighted by Gasteiger charge is 2.25. The van der Waals surface area contributed by atoms with Crippen molar-refractivity contribution in [1.29, 1.82) is 0 Å². The standard InChI is InChI=1S/C21H18BrN3O4S/c1-12-4-7-15(8-5-12)30(28,29)25-18(22)10-16-20(25)23-11-24(21(16)27)19-13(2)6-9-17(26)14(19)3/h4-11,26H,1-3H3. The molecule has 2 aromatic carbocycles. The topological polar surface area (TPSA) is 94.2 Å². The molecule has 2 heterocycles. The Hall–Kier alpha value is -2.91. The molecule has 30 heavy (non-hydrogen) atoms. The number of nitrogens with zero attached hydrogens (tertiary/aromatic N) is 3. The quantitative estimate of drug-likeness (QED) is 0.473. The Labute approximate surface area is 181 Å². The van der Waals surface area contributed by atoms with Crippen LogP contribution in [0.3, 0.4) is 0 Å². The van der Waals surface area contributed by atoms with Crippen LogP contribution in [-0.2, 0) is 10.0 Å². The summed E-state index contributed by atoms with van der Waals surface area (Å²) in [6, 6.07) is 11.2. The molecule has 0 saturated carbocycles. The first-order chi connectivity index (χ1) is 14.1. The fraction of sp³-hybridized carbons (Fsp3) is 0.143. The Morgan fingerprint density at radius 1 is 1.03 bits per heavy atom. The molecule has 0 unspecified atom stereocenters. The van der Waals surface area contributed by atoms with Crippen LogP contribution >= 0.6 is 15.9 Å². The van der Waals surface area contributed by atoms with Gasteiger partial charge in [-0.25, -0.2) is 17.4 Å². The second kappa shape index (κ2) is 7.10. The van der Waals surface area contributed by atoms with Crippen molar-refractivity contribution in [2.24, 2.45) is 0 Å². The molecule has 9 heteroatoms. The average molecular weight is 488 g/mol. The van der Waals surface area contributed by atoms with Gasteiger partial charge in [0, 0.05) is 5.56 Å². The lowest BCUT2D eigenvalue weighted by Crippen LogP contribution is -2.21. The number of fused-ring (bicyclic) bond motifs is 1. The van der Waals surface area contributed by atoms with E-state index in [4.69, 9.17) is 0 Å². The molecule has 0 spiro atoms. The molecule has 0 aliphatic carbocycles. The first-order valence-corrected chi connectivity index (χ1v) is 11.3. The van der Waals surface area contributed by atoms with E-state index in [0.29, 0.717) is 11.3 Å². The number of aryl methyl sites for hydroxylation is 2. The first-order valence-electron chi connectivity index (χ1n) is 9.03. The van der Waals surface area contributed by atoms with Crippen LogP contribution in [0.25, 0.3) is 16.7 Å². The van der Waals surface area contributed by atoms with Gasteiger partial charge in [0.2, 0.25) is 0 Å². The van der Waals surface area contributed by atoms with E-state index >= 15 is 0 Å². The molecule has 0 saturated heterocycles. The maximum Gasteiger partial charge on any atom is 0.270 e. The third-order valence-corrected chi connectivity index (χ3v) is 7.58. The lowest BCUT2D eigenvalue weighted by atomic mass is 10.1. The van der Waals surface area contributed by atoms with Gasteiger partial charge in [0.1, 0.15) is 16.7 Å². The highest BCUT2D eigenvalue weighted by molar-refractivity contribution is 9.10. The number of halogens is 1. The monoisotopic (exact) mass is 487 g/mol. The molecule has 0 bridgehead atoms. The minimum Gasteiger partial charge on any atom is -0.508 e. The van der Waals surface area contributed by atoms with E-state index in [1.165, 1.54) is 29.1 Å². The molecule has 4 rings (SSSR count). The van der Waals surface area contributed by atoms with Crippen LogP contribution in [0.2, 0.25) is 0 Å². The van der Waals surface area contributed by atoms with Crippen LogP contribution in [0.4, 0.5) is 0 Å². The smallest absolute Gasteiger partial charge is 0.270 e. The van der Waals surface area contributed by atoms with Crippen molar-refractivity contribution in [2.45, 2.75) is 25.7 Å². The van der Waals surface area contributed by atoms with Gasteiger partial charge in [-0.3, -0.25) is 9.36 Å². The predicted octanol–water partition coefficient (Wildman–Crippen LogP) is 3.82. The lowest BCUT2D eigenvalue weighted by Gasteiger charge is -2.14. The molecule has 7 nitrogen and oxygen atoms in total. The number of benzene rings is 2. The Balaban J connectivity index is 1.99. The largest absolute Gasteiger partial charge is 0.508 e. The van der Waals surface area contributed by atoms with Crippen molar-refractivity contribution < 1.29 is 13.5 Å². The van der Waals surface area contributed by atoms with Gasteiger partial charge in [0.05, 0.1) is 16.0 Å². The molecule has 0 aliphatic rings. The third kappa shape index (κ3) is 3.05. The summed E-state index contributed by atoms with van der Waals surface area (Å²) in [6.07, 6.45) is 1.28. The summed E-state index contributed by atoms with van der Waals surface area (Å²) in [5.74, 6) is 0.0586. The van der Waals surface area contributed by atoms with Crippen molar-refractivity contribution in [3.8, 4) is 11.4 Å². The maximum absolute atomic E-state index is 13.2. The molecule has 154 valence electrons. The molecule has 0 radical (unpaired) electrons. The van der Waals surface area contributed by atoms with E-state index in [1.807, 2.05) is 13.8 Å². The van der Waals surface area contributed by atoms with Crippen LogP contribution in [0.1, 0.15) is 16.7 Å². The van der Waals surface area contributed by atoms with Gasteiger partial charge in [-0.15, -0.1) is 0 Å². The van der Waals surface area contributed by atoms with E-state index in [1.54, 1.807) is 31.2 Å². The summed E-state index contributed by atoms with van der Waals surface area (Å²) >= 11 is 3.27. The lowest BCUT2D eigenvalue weighted by molar-refractivity contribution is 0.470. The minimum absolute atomic E-state index is 0.0270. The average Bonchev–Trinajstić information content (AvgIpc) is 3.04. The van der Waals surface area contributed by atoms with Crippen molar-refractivity contribution in [3.63, 3.8) is 0 Å². The summed E-state index contributed by atoms with van der Waals surface area (Å²) in [4.78, 5) is 17.6. The number of hydrogen-bond acceptors (Lipinski definition) is 5. The van der Waals surface area contributed by atoms with Gasteiger partial charge in [0.15, 0.2) is 5.65 Å². The first kappa shape index (κ1) is 20.4. The predicted molar refractivity (Wildman–Crippen MR) is 118 cm³/mol. The summed E-state index contributed by atoms with van der Waals surface area (Å²) < 4.78 is 29.0. The molecule has 0 amide bonds. The van der Waals surface area contributed by atoms with Crippen LogP contribution in [0, 0.1) is 20.8 Å². The zero-order valence-electron chi connectivity index (χ0n) is 16.4. The molecule has 4 aromatic rings. The molecule has 1 N–H and O–H groups in total. The summed E-state index contributed by atoms with van der Waals surface area (Å²) in [6.45, 7) is 5.39. The summed E-state index contributed by atoms with van der Waals surface area (Å²) in [7, 11) is -3.97. The number of rotatable bonds is 3. The zero-order chi connectivity index (χ0) is 21.8. The van der Waals surface area contributed by atoms with Gasteiger partial charge in [-0.1, -0.05) is 23.8 Å². The van der Waals surface area contributed by atoms with Gasteiger partial charge in [-0.05, 0) is 66.5 Å². The van der Waals surface area contributed by atoms with E-state index < -0.39 is 15.6 Å². The highest BCUT2D eigenvalue weighted by Crippen LogP contribution is 2.29. The summed E-state index contributed by atoms with van der Waals surface area (Å²) in [5.41, 5.74) is 2.35. The molecule has 2 aromatic heterocycles. The minimum atomic E-state index is -3.97. The second-order valence-electron chi connectivity index (χ2n) is 7.08. The normalized spacial score (nSPS) is 11.9. The number of phenolic OH excluding ortho intramolecular Hbond substituents is 1. The van der Waals surface area contributed by atoms with Gasteiger partial charge >= 0.3 is 0 Å². The third-order valence-electron chi connectivity index (χ3n) is 5.04. The number of phenols is 1. The Morgan fingerprint density at radius 2 is 1.70 bits per heavy atom. The van der Waals surface area contributed by atoms with Crippen molar-refractivity contribution >= 4 is 37.0 Å². The van der Waals surface area contributed by atoms with Gasteiger partial charge < -0.3 is 5.11 Å². The Bertz CT molecular complexity index is 1470. The van der Waals surface area contributed by atoms with E-state index in [9.17, 15) is 18.3 Å². The Morgan fingerprint density at radius 3 is 2.37 bits per heavy atom. The van der Waals surface area contributed by atoms with Crippen LogP contribution in [0.5, 0.6) is 5.75 Å². The van der Waals surface area contributed by atoms with Crippen LogP contribution in [-0.4, -0.2) is 27.0 Å². The fourth-order valence-electron chi connectivity index (χ4n) is 3.43. The number of aromatic nitrogens is 3. The molecule has 0 fully saturated rings. The SMILES string of the molecule is Cc1ccc(S(=O)(=O)n2c(Br)cc3c(=O)n(-c4c(C)ccc(O)c4C)cnc32)cc1. The molecule has 0 aliphatic heterocycles. The molecular formula is C21H18BrN3O4S. The van der Waals surface area contributed by atoms with E-state index in [0.717, 1.165) is 15.1 Å². The van der Waals surface area contributed by atoms with Crippen molar-refractivity contribution in [2.75, 3.05) is 0 Å². The fourth-order valence-corrected chi connectivity index (χ4v) is 5.74.